The predicted octanol–water partition coefficient (Wildman–Crippen LogP) is 4.37. The summed E-state index contributed by atoms with van der Waals surface area (Å²) >= 11 is 1.51. The lowest BCUT2D eigenvalue weighted by Crippen LogP contribution is -1.98. The highest BCUT2D eigenvalue weighted by molar-refractivity contribution is 7.13. The maximum atomic E-state index is 11.1. The van der Waals surface area contributed by atoms with Gasteiger partial charge in [0.1, 0.15) is 10.7 Å². The Morgan fingerprint density at radius 2 is 1.75 bits per heavy atom. The number of aromatic nitrogens is 1. The van der Waals surface area contributed by atoms with E-state index in [1.165, 1.54) is 23.5 Å². The molecule has 1 N–H and O–H groups in total. The van der Waals surface area contributed by atoms with E-state index in [0.29, 0.717) is 5.69 Å². The van der Waals surface area contributed by atoms with Crippen LogP contribution in [-0.2, 0) is 0 Å². The third-order valence-electron chi connectivity index (χ3n) is 3.23. The summed E-state index contributed by atoms with van der Waals surface area (Å²) < 4.78 is 0. The minimum atomic E-state index is -0.667. The molecule has 1 aromatic heterocycles. The summed E-state index contributed by atoms with van der Waals surface area (Å²) in [4.78, 5) is 24.8. The molecular weight excluding hydrogens is 332 g/mol. The fourth-order valence-corrected chi connectivity index (χ4v) is 2.75. The molecule has 9 heteroatoms. The van der Waals surface area contributed by atoms with E-state index >= 15 is 0 Å². The van der Waals surface area contributed by atoms with Gasteiger partial charge in [-0.25, -0.2) is 4.98 Å². The summed E-state index contributed by atoms with van der Waals surface area (Å²) in [6.45, 7) is 0. The number of hydrogen-bond acceptors (Lipinski definition) is 7. The lowest BCUT2D eigenvalue weighted by atomic mass is 10.2. The van der Waals surface area contributed by atoms with Crippen LogP contribution >= 0.6 is 11.3 Å². The zero-order valence-corrected chi connectivity index (χ0v) is 12.9. The molecular formula is C15H10N4O4S. The summed E-state index contributed by atoms with van der Waals surface area (Å²) in [5.41, 5.74) is 1.08. The van der Waals surface area contributed by atoms with Gasteiger partial charge in [0.05, 0.1) is 15.9 Å². The van der Waals surface area contributed by atoms with Crippen LogP contribution in [0.25, 0.3) is 10.6 Å². The standard InChI is InChI=1S/C15H10N4O4S/c20-18(21)12-5-6-13(14(9-12)19(22)23)17-11-3-1-10(2-4-11)15-16-7-8-24-15/h1-9,17H. The summed E-state index contributed by atoms with van der Waals surface area (Å²) in [6.07, 6.45) is 1.71. The van der Waals surface area contributed by atoms with Crippen molar-refractivity contribution in [3.8, 4) is 10.6 Å². The third kappa shape index (κ3) is 3.20. The number of thiazole rings is 1. The quantitative estimate of drug-likeness (QED) is 0.544. The topological polar surface area (TPSA) is 111 Å². The first kappa shape index (κ1) is 15.6. The lowest BCUT2D eigenvalue weighted by Gasteiger charge is -2.07. The molecule has 0 spiro atoms. The van der Waals surface area contributed by atoms with Crippen molar-refractivity contribution in [1.29, 1.82) is 0 Å². The van der Waals surface area contributed by atoms with Crippen molar-refractivity contribution < 1.29 is 9.85 Å². The number of anilines is 2. The Kier molecular flexibility index (Phi) is 4.17. The van der Waals surface area contributed by atoms with E-state index in [1.807, 2.05) is 17.5 Å². The van der Waals surface area contributed by atoms with Gasteiger partial charge in [-0.3, -0.25) is 20.2 Å². The molecule has 0 amide bonds. The molecule has 0 saturated carbocycles. The Labute approximate surface area is 139 Å². The minimum Gasteiger partial charge on any atom is -0.350 e. The van der Waals surface area contributed by atoms with Gasteiger partial charge in [-0.15, -0.1) is 11.3 Å². The van der Waals surface area contributed by atoms with Crippen LogP contribution in [0.4, 0.5) is 22.7 Å². The van der Waals surface area contributed by atoms with Crippen LogP contribution in [0.15, 0.2) is 54.0 Å². The van der Waals surface area contributed by atoms with Gasteiger partial charge in [0.25, 0.3) is 11.4 Å². The zero-order valence-electron chi connectivity index (χ0n) is 12.1. The second kappa shape index (κ2) is 6.42. The predicted molar refractivity (Wildman–Crippen MR) is 90.6 cm³/mol. The van der Waals surface area contributed by atoms with Gasteiger partial charge in [0.15, 0.2) is 0 Å². The number of nitrogens with one attached hydrogen (secondary N) is 1. The fourth-order valence-electron chi connectivity index (χ4n) is 2.11. The Hall–Kier alpha value is -3.33. The number of nitrogens with zero attached hydrogens (tertiary/aromatic N) is 3. The first-order chi connectivity index (χ1) is 11.5. The molecule has 1 heterocycles. The molecule has 0 radical (unpaired) electrons. The summed E-state index contributed by atoms with van der Waals surface area (Å²) in [5, 5.41) is 27.6. The van der Waals surface area contributed by atoms with Crippen LogP contribution in [0.3, 0.4) is 0 Å². The summed E-state index contributed by atoms with van der Waals surface area (Å²) in [6, 6.07) is 10.7. The van der Waals surface area contributed by atoms with Crippen molar-refractivity contribution in [3.63, 3.8) is 0 Å². The van der Waals surface area contributed by atoms with Gasteiger partial charge in [0, 0.05) is 28.9 Å². The average molecular weight is 342 g/mol. The van der Waals surface area contributed by atoms with Crippen molar-refractivity contribution in [1.82, 2.24) is 4.98 Å². The van der Waals surface area contributed by atoms with E-state index < -0.39 is 9.85 Å². The average Bonchev–Trinajstić information content (AvgIpc) is 3.10. The number of rotatable bonds is 5. The molecule has 2 aromatic carbocycles. The van der Waals surface area contributed by atoms with Gasteiger partial charge < -0.3 is 5.32 Å². The molecule has 0 aliphatic rings. The zero-order chi connectivity index (χ0) is 17.1. The highest BCUT2D eigenvalue weighted by atomic mass is 32.1. The van der Waals surface area contributed by atoms with Crippen molar-refractivity contribution >= 4 is 34.1 Å². The second-order valence-electron chi connectivity index (χ2n) is 4.76. The first-order valence-corrected chi connectivity index (χ1v) is 7.62. The van der Waals surface area contributed by atoms with Crippen molar-refractivity contribution in [2.45, 2.75) is 0 Å². The lowest BCUT2D eigenvalue weighted by molar-refractivity contribution is -0.393. The summed E-state index contributed by atoms with van der Waals surface area (Å²) in [7, 11) is 0. The molecule has 120 valence electrons. The fraction of sp³-hybridized carbons (Fsp3) is 0. The Balaban J connectivity index is 1.88. The van der Waals surface area contributed by atoms with Crippen LogP contribution in [0.1, 0.15) is 0 Å². The largest absolute Gasteiger partial charge is 0.350 e. The molecule has 0 fully saturated rings. The van der Waals surface area contributed by atoms with Gasteiger partial charge in [0.2, 0.25) is 0 Å². The monoisotopic (exact) mass is 342 g/mol. The SMILES string of the molecule is O=[N+]([O-])c1ccc(Nc2ccc(-c3nccs3)cc2)c([N+](=O)[O-])c1. The van der Waals surface area contributed by atoms with E-state index in [2.05, 4.69) is 10.3 Å². The number of nitro benzene ring substituents is 2. The highest BCUT2D eigenvalue weighted by Crippen LogP contribution is 2.32. The second-order valence-corrected chi connectivity index (χ2v) is 5.65. The van der Waals surface area contributed by atoms with Gasteiger partial charge in [-0.1, -0.05) is 0 Å². The number of nitro groups is 2. The Morgan fingerprint density at radius 3 is 2.33 bits per heavy atom. The van der Waals surface area contributed by atoms with Crippen LogP contribution < -0.4 is 5.32 Å². The smallest absolute Gasteiger partial charge is 0.299 e. The normalized spacial score (nSPS) is 10.3. The van der Waals surface area contributed by atoms with E-state index in [0.717, 1.165) is 16.6 Å². The van der Waals surface area contributed by atoms with Crippen LogP contribution in [0.2, 0.25) is 0 Å². The molecule has 3 aromatic rings. The van der Waals surface area contributed by atoms with E-state index in [9.17, 15) is 20.2 Å². The Morgan fingerprint density at radius 1 is 1.00 bits per heavy atom. The van der Waals surface area contributed by atoms with Gasteiger partial charge >= 0.3 is 0 Å². The molecule has 8 nitrogen and oxygen atoms in total. The maximum Gasteiger partial charge on any atom is 0.299 e. The van der Waals surface area contributed by atoms with Crippen LogP contribution in [-0.4, -0.2) is 14.8 Å². The molecule has 0 unspecified atom stereocenters. The molecule has 0 atom stereocenters. The molecule has 0 bridgehead atoms. The van der Waals surface area contributed by atoms with E-state index in [1.54, 1.807) is 18.3 Å². The van der Waals surface area contributed by atoms with Crippen LogP contribution in [0.5, 0.6) is 0 Å². The maximum absolute atomic E-state index is 11.1. The van der Waals surface area contributed by atoms with E-state index in [4.69, 9.17) is 0 Å². The number of benzene rings is 2. The molecule has 3 rings (SSSR count). The molecule has 0 aliphatic carbocycles. The van der Waals surface area contributed by atoms with Crippen LogP contribution in [0, 0.1) is 20.2 Å². The third-order valence-corrected chi connectivity index (χ3v) is 4.05. The van der Waals surface area contributed by atoms with Gasteiger partial charge in [-0.05, 0) is 30.3 Å². The number of non-ortho nitro benzene ring substituents is 1. The molecule has 0 saturated heterocycles. The summed E-state index contributed by atoms with van der Waals surface area (Å²) in [5.74, 6) is 0. The van der Waals surface area contributed by atoms with Crippen molar-refractivity contribution in [3.05, 3.63) is 74.3 Å². The van der Waals surface area contributed by atoms with Crippen molar-refractivity contribution in [2.24, 2.45) is 0 Å². The molecule has 0 aliphatic heterocycles. The first-order valence-electron chi connectivity index (χ1n) is 6.74. The highest BCUT2D eigenvalue weighted by Gasteiger charge is 2.19. The minimum absolute atomic E-state index is 0.188. The number of hydrogen-bond donors (Lipinski definition) is 1. The van der Waals surface area contributed by atoms with Crippen molar-refractivity contribution in [2.75, 3.05) is 5.32 Å². The Bertz CT molecular complexity index is 894. The molecule has 24 heavy (non-hydrogen) atoms. The van der Waals surface area contributed by atoms with Gasteiger partial charge in [-0.2, -0.15) is 0 Å². The van der Waals surface area contributed by atoms with E-state index in [-0.39, 0.29) is 17.1 Å².